The van der Waals surface area contributed by atoms with Crippen LogP contribution in [0, 0.1) is 5.92 Å². The van der Waals surface area contributed by atoms with Crippen LogP contribution in [0.2, 0.25) is 0 Å². The van der Waals surface area contributed by atoms with Gasteiger partial charge in [0.15, 0.2) is 0 Å². The number of likely N-dealkylation sites (tertiary alicyclic amines) is 1. The summed E-state index contributed by atoms with van der Waals surface area (Å²) < 4.78 is 40.9. The van der Waals surface area contributed by atoms with Gasteiger partial charge >= 0.3 is 6.18 Å². The Hall–Kier alpha value is -2.05. The Kier molecular flexibility index (Phi) is 4.04. The van der Waals surface area contributed by atoms with Gasteiger partial charge < -0.3 is 9.47 Å². The van der Waals surface area contributed by atoms with Gasteiger partial charge in [0.05, 0.1) is 17.7 Å². The molecule has 2 aromatic rings. The molecule has 124 valence electrons. The van der Waals surface area contributed by atoms with Crippen molar-refractivity contribution in [2.45, 2.75) is 39.0 Å². The van der Waals surface area contributed by atoms with Crippen LogP contribution >= 0.6 is 0 Å². The molecule has 0 aliphatic carbocycles. The van der Waals surface area contributed by atoms with Gasteiger partial charge in [0, 0.05) is 12.5 Å². The molecule has 7 heteroatoms. The molecule has 1 aromatic heterocycles. The van der Waals surface area contributed by atoms with Gasteiger partial charge in [0.1, 0.15) is 0 Å². The minimum atomic E-state index is -4.55. The van der Waals surface area contributed by atoms with Crippen LogP contribution in [0.4, 0.5) is 13.2 Å². The van der Waals surface area contributed by atoms with E-state index in [0.717, 1.165) is 17.4 Å². The predicted molar refractivity (Wildman–Crippen MR) is 79.5 cm³/mol. The quantitative estimate of drug-likeness (QED) is 0.860. The fourth-order valence-electron chi connectivity index (χ4n) is 3.17. The zero-order valence-electron chi connectivity index (χ0n) is 12.8. The average Bonchev–Trinajstić information content (AvgIpc) is 3.03. The van der Waals surface area contributed by atoms with Crippen molar-refractivity contribution < 1.29 is 18.0 Å². The van der Waals surface area contributed by atoms with Gasteiger partial charge in [-0.2, -0.15) is 13.2 Å². The van der Waals surface area contributed by atoms with Crippen LogP contribution in [0.1, 0.15) is 32.0 Å². The number of amides is 1. The van der Waals surface area contributed by atoms with Gasteiger partial charge in [0.25, 0.3) is 0 Å². The first kappa shape index (κ1) is 15.8. The molecule has 1 aliphatic heterocycles. The number of hydrogen-bond donors (Lipinski definition) is 0. The highest BCUT2D eigenvalue weighted by Gasteiger charge is 2.39. The number of para-hydroxylation sites is 2. The number of aromatic nitrogens is 2. The third-order valence-corrected chi connectivity index (χ3v) is 4.27. The highest BCUT2D eigenvalue weighted by molar-refractivity contribution is 5.81. The predicted octanol–water partition coefficient (Wildman–Crippen LogP) is 3.66. The van der Waals surface area contributed by atoms with Gasteiger partial charge in [-0.05, 0) is 25.0 Å². The lowest BCUT2D eigenvalue weighted by atomic mass is 10.0. The number of alkyl halides is 3. The first-order chi connectivity index (χ1) is 10.9. The maximum Gasteiger partial charge on any atom is 0.449 e. The molecular formula is C16H18F3N3O. The Labute approximate surface area is 131 Å². The summed E-state index contributed by atoms with van der Waals surface area (Å²) in [7, 11) is 0. The summed E-state index contributed by atoms with van der Waals surface area (Å²) in [6.45, 7) is 2.39. The molecule has 0 spiro atoms. The number of carbonyl (C=O) groups is 1. The Morgan fingerprint density at radius 3 is 2.74 bits per heavy atom. The number of halogens is 3. The third kappa shape index (κ3) is 2.92. The number of carbonyl (C=O) groups excluding carboxylic acids is 1. The van der Waals surface area contributed by atoms with E-state index in [0.29, 0.717) is 18.5 Å². The summed E-state index contributed by atoms with van der Waals surface area (Å²) in [4.78, 5) is 17.5. The number of rotatable bonds is 4. The van der Waals surface area contributed by atoms with Crippen molar-refractivity contribution in [2.75, 3.05) is 6.54 Å². The second-order valence-corrected chi connectivity index (χ2v) is 5.87. The van der Waals surface area contributed by atoms with E-state index in [-0.39, 0.29) is 24.0 Å². The van der Waals surface area contributed by atoms with Crippen LogP contribution in [0.5, 0.6) is 0 Å². The van der Waals surface area contributed by atoms with Gasteiger partial charge in [-0.3, -0.25) is 4.79 Å². The highest BCUT2D eigenvalue weighted by atomic mass is 19.4. The molecule has 23 heavy (non-hydrogen) atoms. The molecule has 1 saturated heterocycles. The molecule has 0 saturated carbocycles. The summed E-state index contributed by atoms with van der Waals surface area (Å²) >= 11 is 0. The minimum absolute atomic E-state index is 0.0576. The fraction of sp³-hybridized carbons (Fsp3) is 0.500. The van der Waals surface area contributed by atoms with Gasteiger partial charge in [-0.15, -0.1) is 0 Å². The number of fused-ring (bicyclic) bond motifs is 1. The monoisotopic (exact) mass is 325 g/mol. The Morgan fingerprint density at radius 1 is 1.30 bits per heavy atom. The molecule has 3 rings (SSSR count). The normalized spacial score (nSPS) is 19.0. The van der Waals surface area contributed by atoms with Crippen molar-refractivity contribution >= 4 is 16.9 Å². The van der Waals surface area contributed by atoms with Crippen LogP contribution in [-0.4, -0.2) is 26.9 Å². The maximum atomic E-state index is 13.3. The van der Waals surface area contributed by atoms with E-state index in [1.165, 1.54) is 4.90 Å². The van der Waals surface area contributed by atoms with Crippen LogP contribution in [0.25, 0.3) is 11.0 Å². The number of nitrogens with zero attached hydrogens (tertiary/aromatic N) is 3. The molecule has 1 amide bonds. The number of benzene rings is 1. The molecule has 1 fully saturated rings. The van der Waals surface area contributed by atoms with E-state index in [1.54, 1.807) is 24.3 Å². The lowest BCUT2D eigenvalue weighted by molar-refractivity contribution is -0.149. The summed E-state index contributed by atoms with van der Waals surface area (Å²) in [5.41, 5.74) is 0.683. The zero-order valence-corrected chi connectivity index (χ0v) is 12.8. The summed E-state index contributed by atoms with van der Waals surface area (Å²) in [5.74, 6) is -1.08. The van der Waals surface area contributed by atoms with E-state index in [4.69, 9.17) is 0 Å². The molecule has 1 aliphatic rings. The first-order valence-electron chi connectivity index (χ1n) is 7.73. The largest absolute Gasteiger partial charge is 0.449 e. The fourth-order valence-corrected chi connectivity index (χ4v) is 3.17. The molecule has 1 unspecified atom stereocenters. The van der Waals surface area contributed by atoms with E-state index >= 15 is 0 Å². The molecule has 0 N–H and O–H groups in total. The minimum Gasteiger partial charge on any atom is -0.324 e. The number of imidazole rings is 1. The average molecular weight is 325 g/mol. The lowest BCUT2D eigenvalue weighted by Gasteiger charge is -2.20. The number of hydrogen-bond acceptors (Lipinski definition) is 2. The van der Waals surface area contributed by atoms with E-state index in [1.807, 2.05) is 6.92 Å². The second-order valence-electron chi connectivity index (χ2n) is 5.87. The van der Waals surface area contributed by atoms with E-state index < -0.39 is 12.0 Å². The van der Waals surface area contributed by atoms with Gasteiger partial charge in [-0.25, -0.2) is 4.98 Å². The van der Waals surface area contributed by atoms with Crippen molar-refractivity contribution in [2.24, 2.45) is 5.92 Å². The van der Waals surface area contributed by atoms with Crippen LogP contribution < -0.4 is 0 Å². The topological polar surface area (TPSA) is 38.1 Å². The Morgan fingerprint density at radius 2 is 2.04 bits per heavy atom. The van der Waals surface area contributed by atoms with E-state index in [2.05, 4.69) is 4.98 Å². The van der Waals surface area contributed by atoms with Gasteiger partial charge in [-0.1, -0.05) is 25.5 Å². The molecule has 2 heterocycles. The first-order valence-corrected chi connectivity index (χ1v) is 7.73. The van der Waals surface area contributed by atoms with Crippen LogP contribution in [0.15, 0.2) is 24.3 Å². The smallest absolute Gasteiger partial charge is 0.324 e. The van der Waals surface area contributed by atoms with Crippen LogP contribution in [-0.2, 0) is 17.6 Å². The van der Waals surface area contributed by atoms with Crippen molar-refractivity contribution in [3.05, 3.63) is 30.1 Å². The standard InChI is InChI=1S/C16H18F3N3O/c1-2-5-11-8-9-21(14(11)23)10-22-13-7-4-3-6-12(13)20-15(22)16(17,18)19/h3-4,6-7,11H,2,5,8-10H2,1H3. The molecular weight excluding hydrogens is 307 g/mol. The maximum absolute atomic E-state index is 13.3. The van der Waals surface area contributed by atoms with Crippen LogP contribution in [0.3, 0.4) is 0 Å². The Bertz CT molecular complexity index is 723. The molecule has 1 aromatic carbocycles. The van der Waals surface area contributed by atoms with Gasteiger partial charge in [0.2, 0.25) is 11.7 Å². The molecule has 0 bridgehead atoms. The molecule has 4 nitrogen and oxygen atoms in total. The lowest BCUT2D eigenvalue weighted by Crippen LogP contribution is -2.31. The summed E-state index contributed by atoms with van der Waals surface area (Å²) in [5, 5.41) is 0. The van der Waals surface area contributed by atoms with Crippen molar-refractivity contribution in [3.8, 4) is 0 Å². The van der Waals surface area contributed by atoms with Crippen molar-refractivity contribution in [3.63, 3.8) is 0 Å². The summed E-state index contributed by atoms with van der Waals surface area (Å²) in [6.07, 6.45) is -2.16. The second kappa shape index (κ2) is 5.86. The highest BCUT2D eigenvalue weighted by Crippen LogP contribution is 2.32. The van der Waals surface area contributed by atoms with Crippen molar-refractivity contribution in [1.29, 1.82) is 0 Å². The third-order valence-electron chi connectivity index (χ3n) is 4.27. The molecule has 1 atom stereocenters. The SMILES string of the molecule is CCCC1CCN(Cn2c(C(F)(F)F)nc3ccccc32)C1=O. The van der Waals surface area contributed by atoms with E-state index in [9.17, 15) is 18.0 Å². The summed E-state index contributed by atoms with van der Waals surface area (Å²) in [6, 6.07) is 6.47. The van der Waals surface area contributed by atoms with Crippen molar-refractivity contribution in [1.82, 2.24) is 14.5 Å². The Balaban J connectivity index is 1.95. The zero-order chi connectivity index (χ0) is 16.6. The molecule has 0 radical (unpaired) electrons.